The molecule has 1 nitrogen and oxygen atoms in total. The summed E-state index contributed by atoms with van der Waals surface area (Å²) in [4.78, 5) is 0. The molecule has 1 aromatic heterocycles. The van der Waals surface area contributed by atoms with Crippen molar-refractivity contribution in [3.05, 3.63) is 53.0 Å². The number of aromatic nitrogens is 1. The quantitative estimate of drug-likeness (QED) is 0.429. The second-order valence-corrected chi connectivity index (χ2v) is 6.77. The Bertz CT molecular complexity index is 813. The summed E-state index contributed by atoms with van der Waals surface area (Å²) < 4.78 is 3.61. The molecule has 1 heterocycles. The third kappa shape index (κ3) is 2.85. The monoisotopic (exact) mass is 355 g/mol. The first-order valence-electron chi connectivity index (χ1n) is 8.08. The topological polar surface area (TPSA) is 4.93 Å². The minimum absolute atomic E-state index is 1.09. The fraction of sp³-hybridized carbons (Fsp3) is 0.300. The molecule has 0 aliphatic heterocycles. The first kappa shape index (κ1) is 15.4. The van der Waals surface area contributed by atoms with Gasteiger partial charge in [-0.15, -0.1) is 0 Å². The van der Waals surface area contributed by atoms with Crippen LogP contribution in [0.5, 0.6) is 0 Å². The van der Waals surface area contributed by atoms with Crippen LogP contribution in [0.25, 0.3) is 27.9 Å². The number of benzene rings is 2. The Balaban J connectivity index is 2.13. The third-order valence-corrected chi connectivity index (χ3v) is 4.82. The van der Waals surface area contributed by atoms with Crippen molar-refractivity contribution in [2.45, 2.75) is 39.2 Å². The lowest BCUT2D eigenvalue weighted by Crippen LogP contribution is -1.97. The maximum absolute atomic E-state index is 3.90. The van der Waals surface area contributed by atoms with Crippen LogP contribution in [0.2, 0.25) is 0 Å². The zero-order valence-electron chi connectivity index (χ0n) is 13.1. The summed E-state index contributed by atoms with van der Waals surface area (Å²) in [5, 5.41) is 2.65. The van der Waals surface area contributed by atoms with Crippen LogP contribution in [-0.2, 0) is 6.54 Å². The molecule has 0 radical (unpaired) electrons. The predicted octanol–water partition coefficient (Wildman–Crippen LogP) is 6.78. The van der Waals surface area contributed by atoms with Crippen molar-refractivity contribution in [2.75, 3.05) is 0 Å². The Morgan fingerprint density at radius 1 is 1.00 bits per heavy atom. The molecular weight excluding hydrogens is 334 g/mol. The number of rotatable bonds is 6. The maximum Gasteiger partial charge on any atom is 0.0492 e. The van der Waals surface area contributed by atoms with Crippen molar-refractivity contribution in [3.63, 3.8) is 0 Å². The molecule has 2 heteroatoms. The first-order valence-corrected chi connectivity index (χ1v) is 8.88. The van der Waals surface area contributed by atoms with E-state index < -0.39 is 0 Å². The van der Waals surface area contributed by atoms with Crippen LogP contribution in [-0.4, -0.2) is 4.57 Å². The van der Waals surface area contributed by atoms with E-state index in [9.17, 15) is 0 Å². The van der Waals surface area contributed by atoms with Gasteiger partial charge in [-0.2, -0.15) is 0 Å². The van der Waals surface area contributed by atoms with Gasteiger partial charge >= 0.3 is 0 Å². The first-order chi connectivity index (χ1) is 10.7. The molecule has 0 unspecified atom stereocenters. The largest absolute Gasteiger partial charge is 0.340 e. The zero-order chi connectivity index (χ0) is 15.5. The summed E-state index contributed by atoms with van der Waals surface area (Å²) in [6.45, 7) is 7.25. The van der Waals surface area contributed by atoms with Gasteiger partial charge in [-0.1, -0.05) is 60.8 Å². The van der Waals surface area contributed by atoms with Gasteiger partial charge in [-0.05, 0) is 42.3 Å². The highest BCUT2D eigenvalue weighted by Gasteiger charge is 2.11. The summed E-state index contributed by atoms with van der Waals surface area (Å²) >= 11 is 3.61. The number of aryl methyl sites for hydroxylation is 1. The third-order valence-electron chi connectivity index (χ3n) is 4.32. The Labute approximate surface area is 140 Å². The molecule has 0 spiro atoms. The number of halogens is 1. The van der Waals surface area contributed by atoms with Gasteiger partial charge in [0.25, 0.3) is 0 Å². The van der Waals surface area contributed by atoms with Gasteiger partial charge in [0.15, 0.2) is 0 Å². The van der Waals surface area contributed by atoms with Crippen molar-refractivity contribution in [1.29, 1.82) is 0 Å². The number of unbranched alkanes of at least 4 members (excludes halogenated alkanes) is 3. The van der Waals surface area contributed by atoms with Crippen molar-refractivity contribution in [1.82, 2.24) is 4.57 Å². The maximum atomic E-state index is 3.90. The van der Waals surface area contributed by atoms with Crippen LogP contribution >= 0.6 is 15.9 Å². The van der Waals surface area contributed by atoms with Crippen LogP contribution in [0.15, 0.2) is 47.4 Å². The van der Waals surface area contributed by atoms with E-state index in [0.717, 1.165) is 11.0 Å². The van der Waals surface area contributed by atoms with Gasteiger partial charge in [0.2, 0.25) is 0 Å². The SMILES string of the molecule is C=Cc1ccc2c(c1)c1cc(Br)ccc1n2CCCCCC. The van der Waals surface area contributed by atoms with E-state index in [1.165, 1.54) is 53.1 Å². The molecule has 22 heavy (non-hydrogen) atoms. The average molecular weight is 356 g/mol. The average Bonchev–Trinajstić information content (AvgIpc) is 2.84. The summed E-state index contributed by atoms with van der Waals surface area (Å²) in [6, 6.07) is 13.2. The number of hydrogen-bond donors (Lipinski definition) is 0. The minimum atomic E-state index is 1.09. The smallest absolute Gasteiger partial charge is 0.0492 e. The van der Waals surface area contributed by atoms with Crippen LogP contribution in [0.4, 0.5) is 0 Å². The summed E-state index contributed by atoms with van der Waals surface area (Å²) in [5.41, 5.74) is 3.84. The Hall–Kier alpha value is -1.54. The molecule has 0 aliphatic carbocycles. The van der Waals surface area contributed by atoms with Gasteiger partial charge in [0, 0.05) is 32.8 Å². The van der Waals surface area contributed by atoms with Crippen LogP contribution in [0.3, 0.4) is 0 Å². The van der Waals surface area contributed by atoms with E-state index in [2.05, 4.69) is 70.4 Å². The van der Waals surface area contributed by atoms with Gasteiger partial charge < -0.3 is 4.57 Å². The highest BCUT2D eigenvalue weighted by Crippen LogP contribution is 2.32. The van der Waals surface area contributed by atoms with E-state index in [1.54, 1.807) is 0 Å². The molecule has 0 saturated heterocycles. The fourth-order valence-corrected chi connectivity index (χ4v) is 3.52. The van der Waals surface area contributed by atoms with Crippen LogP contribution in [0, 0.1) is 0 Å². The lowest BCUT2D eigenvalue weighted by atomic mass is 10.1. The summed E-state index contributed by atoms with van der Waals surface area (Å²) in [6.07, 6.45) is 7.07. The van der Waals surface area contributed by atoms with E-state index in [1.807, 2.05) is 6.08 Å². The van der Waals surface area contributed by atoms with E-state index in [-0.39, 0.29) is 0 Å². The normalized spacial score (nSPS) is 11.4. The van der Waals surface area contributed by atoms with Crippen LogP contribution < -0.4 is 0 Å². The number of nitrogens with zero attached hydrogens (tertiary/aromatic N) is 1. The number of hydrogen-bond acceptors (Lipinski definition) is 0. The molecule has 2 aromatic carbocycles. The van der Waals surface area contributed by atoms with Crippen molar-refractivity contribution >= 4 is 43.8 Å². The molecule has 0 amide bonds. The van der Waals surface area contributed by atoms with Gasteiger partial charge in [0.1, 0.15) is 0 Å². The predicted molar refractivity (Wildman–Crippen MR) is 101 cm³/mol. The minimum Gasteiger partial charge on any atom is -0.340 e. The van der Waals surface area contributed by atoms with Gasteiger partial charge in [0.05, 0.1) is 0 Å². The molecule has 3 aromatic rings. The second-order valence-electron chi connectivity index (χ2n) is 5.85. The van der Waals surface area contributed by atoms with Crippen molar-refractivity contribution < 1.29 is 0 Å². The lowest BCUT2D eigenvalue weighted by molar-refractivity contribution is 0.602. The highest BCUT2D eigenvalue weighted by atomic mass is 79.9. The molecule has 0 atom stereocenters. The highest BCUT2D eigenvalue weighted by molar-refractivity contribution is 9.10. The van der Waals surface area contributed by atoms with Crippen molar-refractivity contribution in [2.24, 2.45) is 0 Å². The van der Waals surface area contributed by atoms with E-state index in [4.69, 9.17) is 0 Å². The molecule has 3 rings (SSSR count). The summed E-state index contributed by atoms with van der Waals surface area (Å²) in [5.74, 6) is 0. The van der Waals surface area contributed by atoms with Gasteiger partial charge in [-0.25, -0.2) is 0 Å². The molecule has 0 fully saturated rings. The van der Waals surface area contributed by atoms with Crippen molar-refractivity contribution in [3.8, 4) is 0 Å². The Morgan fingerprint density at radius 2 is 1.73 bits per heavy atom. The Kier molecular flexibility index (Phi) is 4.68. The number of fused-ring (bicyclic) bond motifs is 3. The zero-order valence-corrected chi connectivity index (χ0v) is 14.7. The second kappa shape index (κ2) is 6.70. The molecule has 0 bridgehead atoms. The van der Waals surface area contributed by atoms with Crippen LogP contribution in [0.1, 0.15) is 38.2 Å². The van der Waals surface area contributed by atoms with E-state index >= 15 is 0 Å². The summed E-state index contributed by atoms with van der Waals surface area (Å²) in [7, 11) is 0. The molecule has 0 saturated carbocycles. The molecule has 0 aliphatic rings. The standard InChI is InChI=1S/C20H22BrN/c1-3-5-6-7-12-22-19-10-8-15(4-2)13-17(19)18-14-16(21)9-11-20(18)22/h4,8-11,13-14H,2-3,5-7,12H2,1H3. The van der Waals surface area contributed by atoms with Gasteiger partial charge in [-0.3, -0.25) is 0 Å². The molecular formula is C20H22BrN. The Morgan fingerprint density at radius 3 is 2.45 bits per heavy atom. The fourth-order valence-electron chi connectivity index (χ4n) is 3.16. The molecule has 0 N–H and O–H groups in total. The molecule has 114 valence electrons. The van der Waals surface area contributed by atoms with E-state index in [0.29, 0.717) is 0 Å². The lowest BCUT2D eigenvalue weighted by Gasteiger charge is -2.07.